The molecule has 3 aromatic carbocycles. The summed E-state index contributed by atoms with van der Waals surface area (Å²) < 4.78 is 5.77. The second kappa shape index (κ2) is 12.5. The standard InChI is InChI=1S/C29H29NO6S2/c1-37-24-13-7-21(8-14-24)29(34,22-9-15-25(38-2)16-10-22)20-5-11-23(12-6-20)35-19-3-4-28(33)36-30-26(31)17-18-27(30)32/h5-16,34H,3-4,17-19H2,1-2H3. The largest absolute Gasteiger partial charge is 0.494 e. The molecule has 1 fully saturated rings. The van der Waals surface area contributed by atoms with Crippen LogP contribution >= 0.6 is 23.5 Å². The maximum Gasteiger partial charge on any atom is 0.333 e. The third-order valence-electron chi connectivity index (χ3n) is 6.28. The predicted molar refractivity (Wildman–Crippen MR) is 147 cm³/mol. The van der Waals surface area contributed by atoms with Gasteiger partial charge in [0.1, 0.15) is 11.4 Å². The molecule has 0 radical (unpaired) electrons. The van der Waals surface area contributed by atoms with Gasteiger partial charge in [-0.2, -0.15) is 0 Å². The van der Waals surface area contributed by atoms with Crippen LogP contribution in [0.5, 0.6) is 5.75 Å². The first kappa shape index (κ1) is 27.8. The Morgan fingerprint density at radius 2 is 1.26 bits per heavy atom. The summed E-state index contributed by atoms with van der Waals surface area (Å²) in [5, 5.41) is 12.7. The monoisotopic (exact) mass is 551 g/mol. The maximum absolute atomic E-state index is 12.1. The Morgan fingerprint density at radius 3 is 1.71 bits per heavy atom. The van der Waals surface area contributed by atoms with Crippen LogP contribution < -0.4 is 4.74 Å². The van der Waals surface area contributed by atoms with Crippen molar-refractivity contribution in [2.75, 3.05) is 19.1 Å². The Labute approximate surface area is 230 Å². The van der Waals surface area contributed by atoms with Gasteiger partial charge in [0, 0.05) is 22.6 Å². The molecule has 0 saturated carbocycles. The van der Waals surface area contributed by atoms with Crippen molar-refractivity contribution in [2.45, 2.75) is 41.1 Å². The zero-order valence-electron chi connectivity index (χ0n) is 21.2. The average Bonchev–Trinajstić information content (AvgIpc) is 3.27. The summed E-state index contributed by atoms with van der Waals surface area (Å²) >= 11 is 3.29. The van der Waals surface area contributed by atoms with Crippen LogP contribution in [0.3, 0.4) is 0 Å². The molecule has 9 heteroatoms. The number of carbonyl (C=O) groups is 3. The lowest BCUT2D eigenvalue weighted by Gasteiger charge is -2.30. The van der Waals surface area contributed by atoms with Gasteiger partial charge in [-0.25, -0.2) is 4.79 Å². The molecule has 1 aliphatic rings. The van der Waals surface area contributed by atoms with Gasteiger partial charge in [0.25, 0.3) is 11.8 Å². The summed E-state index contributed by atoms with van der Waals surface area (Å²) in [6, 6.07) is 23.0. The van der Waals surface area contributed by atoms with Crippen molar-refractivity contribution in [3.8, 4) is 5.75 Å². The third-order valence-corrected chi connectivity index (χ3v) is 7.77. The molecule has 198 valence electrons. The lowest BCUT2D eigenvalue weighted by molar-refractivity contribution is -0.197. The van der Waals surface area contributed by atoms with E-state index in [4.69, 9.17) is 9.57 Å². The maximum atomic E-state index is 12.1. The number of ether oxygens (including phenoxy) is 1. The number of benzene rings is 3. The van der Waals surface area contributed by atoms with Crippen LogP contribution in [-0.2, 0) is 24.8 Å². The minimum Gasteiger partial charge on any atom is -0.494 e. The molecule has 38 heavy (non-hydrogen) atoms. The van der Waals surface area contributed by atoms with Crippen LogP contribution in [0.25, 0.3) is 0 Å². The lowest BCUT2D eigenvalue weighted by atomic mass is 9.80. The van der Waals surface area contributed by atoms with Crippen LogP contribution in [0, 0.1) is 0 Å². The number of carbonyl (C=O) groups excluding carboxylic acids is 3. The van der Waals surface area contributed by atoms with Gasteiger partial charge in [-0.1, -0.05) is 36.4 Å². The topological polar surface area (TPSA) is 93.1 Å². The molecule has 1 saturated heterocycles. The summed E-state index contributed by atoms with van der Waals surface area (Å²) in [5.74, 6) is -1.07. The number of thioether (sulfide) groups is 2. The summed E-state index contributed by atoms with van der Waals surface area (Å²) in [6.45, 7) is 0.243. The molecule has 0 unspecified atom stereocenters. The van der Waals surface area contributed by atoms with Crippen LogP contribution in [0.2, 0.25) is 0 Å². The first-order valence-electron chi connectivity index (χ1n) is 12.2. The molecule has 0 aromatic heterocycles. The lowest BCUT2D eigenvalue weighted by Crippen LogP contribution is -2.32. The number of aliphatic hydroxyl groups is 1. The molecule has 3 aromatic rings. The Kier molecular flexibility index (Phi) is 9.14. The molecule has 0 atom stereocenters. The van der Waals surface area contributed by atoms with Gasteiger partial charge < -0.3 is 14.7 Å². The molecule has 7 nitrogen and oxygen atoms in total. The molecule has 1 heterocycles. The number of hydroxylamine groups is 2. The van der Waals surface area contributed by atoms with Crippen LogP contribution in [0.1, 0.15) is 42.4 Å². The van der Waals surface area contributed by atoms with E-state index < -0.39 is 23.4 Å². The molecule has 2 amide bonds. The van der Waals surface area contributed by atoms with Gasteiger partial charge in [0.2, 0.25) is 0 Å². The van der Waals surface area contributed by atoms with Gasteiger partial charge in [-0.15, -0.1) is 28.6 Å². The van der Waals surface area contributed by atoms with E-state index in [0.29, 0.717) is 22.8 Å². The Hall–Kier alpha value is -3.27. The van der Waals surface area contributed by atoms with Gasteiger partial charge in [-0.3, -0.25) is 9.59 Å². The second-order valence-electron chi connectivity index (χ2n) is 8.69. The fourth-order valence-electron chi connectivity index (χ4n) is 4.17. The zero-order chi connectivity index (χ0) is 27.1. The molecular weight excluding hydrogens is 522 g/mol. The number of hydrogen-bond acceptors (Lipinski definition) is 8. The molecular formula is C29H29NO6S2. The third kappa shape index (κ3) is 6.23. The Balaban J connectivity index is 1.43. The smallest absolute Gasteiger partial charge is 0.333 e. The van der Waals surface area contributed by atoms with E-state index >= 15 is 0 Å². The average molecular weight is 552 g/mol. The minimum atomic E-state index is -1.36. The fourth-order valence-corrected chi connectivity index (χ4v) is 4.99. The van der Waals surface area contributed by atoms with E-state index in [1.54, 1.807) is 35.7 Å². The van der Waals surface area contributed by atoms with Crippen LogP contribution in [0.15, 0.2) is 82.6 Å². The fraction of sp³-hybridized carbons (Fsp3) is 0.276. The molecule has 0 bridgehead atoms. The van der Waals surface area contributed by atoms with Crippen molar-refractivity contribution in [3.63, 3.8) is 0 Å². The van der Waals surface area contributed by atoms with Gasteiger partial charge >= 0.3 is 5.97 Å². The molecule has 1 N–H and O–H groups in total. The van der Waals surface area contributed by atoms with Gasteiger partial charge in [0.15, 0.2) is 0 Å². The van der Waals surface area contributed by atoms with E-state index in [-0.39, 0.29) is 25.9 Å². The summed E-state index contributed by atoms with van der Waals surface area (Å²) in [7, 11) is 0. The molecule has 0 aliphatic carbocycles. The van der Waals surface area contributed by atoms with E-state index in [1.165, 1.54) is 0 Å². The molecule has 0 spiro atoms. The van der Waals surface area contributed by atoms with E-state index in [0.717, 1.165) is 20.9 Å². The Morgan fingerprint density at radius 1 is 0.816 bits per heavy atom. The highest BCUT2D eigenvalue weighted by molar-refractivity contribution is 7.98. The highest BCUT2D eigenvalue weighted by Gasteiger charge is 2.34. The second-order valence-corrected chi connectivity index (χ2v) is 10.4. The number of imide groups is 1. The van der Waals surface area contributed by atoms with E-state index in [1.807, 2.05) is 73.2 Å². The first-order chi connectivity index (χ1) is 18.3. The number of hydrogen-bond donors (Lipinski definition) is 1. The van der Waals surface area contributed by atoms with E-state index in [9.17, 15) is 19.5 Å². The van der Waals surface area contributed by atoms with Crippen molar-refractivity contribution < 1.29 is 29.1 Å². The molecule has 1 aliphatic heterocycles. The van der Waals surface area contributed by atoms with Crippen molar-refractivity contribution in [1.29, 1.82) is 0 Å². The van der Waals surface area contributed by atoms with Crippen molar-refractivity contribution in [2.24, 2.45) is 0 Å². The van der Waals surface area contributed by atoms with Crippen LogP contribution in [-0.4, -0.2) is 47.1 Å². The number of rotatable bonds is 11. The van der Waals surface area contributed by atoms with E-state index in [2.05, 4.69) is 0 Å². The predicted octanol–water partition coefficient (Wildman–Crippen LogP) is 5.18. The summed E-state index contributed by atoms with van der Waals surface area (Å²) in [5.41, 5.74) is 0.853. The number of amides is 2. The highest BCUT2D eigenvalue weighted by atomic mass is 32.2. The highest BCUT2D eigenvalue weighted by Crippen LogP contribution is 2.38. The normalized spacial score (nSPS) is 13.6. The minimum absolute atomic E-state index is 0.00692. The Bertz CT molecular complexity index is 1210. The molecule has 4 rings (SSSR count). The zero-order valence-corrected chi connectivity index (χ0v) is 22.8. The summed E-state index contributed by atoms with van der Waals surface area (Å²) in [4.78, 5) is 42.1. The summed E-state index contributed by atoms with van der Waals surface area (Å²) in [6.07, 6.45) is 4.51. The quantitative estimate of drug-likeness (QED) is 0.151. The van der Waals surface area contributed by atoms with Crippen molar-refractivity contribution in [3.05, 3.63) is 89.5 Å². The van der Waals surface area contributed by atoms with Gasteiger partial charge in [-0.05, 0) is 72.0 Å². The van der Waals surface area contributed by atoms with Crippen molar-refractivity contribution >= 4 is 41.3 Å². The first-order valence-corrected chi connectivity index (χ1v) is 14.6. The number of nitrogens with zero attached hydrogens (tertiary/aromatic N) is 1. The van der Waals surface area contributed by atoms with Crippen LogP contribution in [0.4, 0.5) is 0 Å². The SMILES string of the molecule is CSc1ccc(C(O)(c2ccc(OCCCC(=O)ON3C(=O)CCC3=O)cc2)c2ccc(SC)cc2)cc1. The van der Waals surface area contributed by atoms with Crippen molar-refractivity contribution in [1.82, 2.24) is 5.06 Å². The van der Waals surface area contributed by atoms with Gasteiger partial charge in [0.05, 0.1) is 13.0 Å².